The first-order valence-corrected chi connectivity index (χ1v) is 6.75. The van der Waals surface area contributed by atoms with Crippen molar-refractivity contribution in [3.05, 3.63) is 47.5 Å². The van der Waals surface area contributed by atoms with Crippen LogP contribution in [-0.4, -0.2) is 23.9 Å². The Bertz CT molecular complexity index is 458. The van der Waals surface area contributed by atoms with Crippen molar-refractivity contribution in [2.75, 3.05) is 13.1 Å². The van der Waals surface area contributed by atoms with Crippen LogP contribution >= 0.6 is 0 Å². The van der Waals surface area contributed by atoms with Crippen LogP contribution in [0.25, 0.3) is 0 Å². The van der Waals surface area contributed by atoms with Gasteiger partial charge in [0.15, 0.2) is 0 Å². The number of hydrogen-bond donors (Lipinski definition) is 0. The van der Waals surface area contributed by atoms with E-state index in [2.05, 4.69) is 12.2 Å². The lowest BCUT2D eigenvalue weighted by Gasteiger charge is -2.17. The third kappa shape index (κ3) is 2.07. The summed E-state index contributed by atoms with van der Waals surface area (Å²) in [6.45, 7) is 3.91. The number of fused-ring (bicyclic) bond motifs is 1. The van der Waals surface area contributed by atoms with E-state index in [0.29, 0.717) is 11.8 Å². The molecule has 2 nitrogen and oxygen atoms in total. The zero-order valence-corrected chi connectivity index (χ0v) is 10.8. The van der Waals surface area contributed by atoms with E-state index in [-0.39, 0.29) is 5.91 Å². The summed E-state index contributed by atoms with van der Waals surface area (Å²) >= 11 is 0. The Hall–Kier alpha value is -1.57. The first-order valence-electron chi connectivity index (χ1n) is 6.75. The van der Waals surface area contributed by atoms with Crippen molar-refractivity contribution in [1.82, 2.24) is 4.90 Å². The number of amides is 1. The first-order chi connectivity index (χ1) is 8.74. The summed E-state index contributed by atoms with van der Waals surface area (Å²) in [5.74, 6) is 1.57. The molecule has 0 spiro atoms. The number of carbonyl (C=O) groups is 1. The molecule has 1 aliphatic heterocycles. The molecule has 94 valence electrons. The lowest BCUT2D eigenvalue weighted by Crippen LogP contribution is -2.28. The Labute approximate surface area is 108 Å². The van der Waals surface area contributed by atoms with Gasteiger partial charge in [0.1, 0.15) is 0 Å². The van der Waals surface area contributed by atoms with Gasteiger partial charge >= 0.3 is 0 Å². The first kappa shape index (κ1) is 11.5. The van der Waals surface area contributed by atoms with E-state index in [1.165, 1.54) is 5.56 Å². The van der Waals surface area contributed by atoms with E-state index in [9.17, 15) is 4.79 Å². The average Bonchev–Trinajstić information content (AvgIpc) is 2.82. The number of nitrogens with zero attached hydrogens (tertiary/aromatic N) is 1. The molecule has 2 unspecified atom stereocenters. The smallest absolute Gasteiger partial charge is 0.253 e. The van der Waals surface area contributed by atoms with Gasteiger partial charge in [-0.15, -0.1) is 0 Å². The fourth-order valence-electron chi connectivity index (χ4n) is 3.06. The number of allylic oxidation sites excluding steroid dienone is 2. The van der Waals surface area contributed by atoms with Crippen LogP contribution < -0.4 is 0 Å². The molecular weight excluding hydrogens is 222 g/mol. The molecule has 2 aliphatic rings. The van der Waals surface area contributed by atoms with Crippen molar-refractivity contribution >= 4 is 5.91 Å². The molecule has 1 saturated heterocycles. The van der Waals surface area contributed by atoms with Crippen molar-refractivity contribution in [3.8, 4) is 0 Å². The summed E-state index contributed by atoms with van der Waals surface area (Å²) in [5.41, 5.74) is 2.03. The maximum absolute atomic E-state index is 12.4. The molecule has 1 fully saturated rings. The molecular formula is C16H19NO. The minimum Gasteiger partial charge on any atom is -0.338 e. The molecule has 1 aliphatic carbocycles. The van der Waals surface area contributed by atoms with Gasteiger partial charge in [0.2, 0.25) is 0 Å². The second kappa shape index (κ2) is 4.60. The van der Waals surface area contributed by atoms with Crippen LogP contribution in [0.2, 0.25) is 0 Å². The van der Waals surface area contributed by atoms with Crippen molar-refractivity contribution in [2.45, 2.75) is 19.8 Å². The van der Waals surface area contributed by atoms with Gasteiger partial charge in [0.25, 0.3) is 5.91 Å². The molecule has 2 heteroatoms. The van der Waals surface area contributed by atoms with Gasteiger partial charge in [-0.3, -0.25) is 4.79 Å². The number of benzene rings is 1. The van der Waals surface area contributed by atoms with Gasteiger partial charge in [0, 0.05) is 18.7 Å². The van der Waals surface area contributed by atoms with Crippen LogP contribution in [0.4, 0.5) is 0 Å². The summed E-state index contributed by atoms with van der Waals surface area (Å²) < 4.78 is 0. The van der Waals surface area contributed by atoms with E-state index >= 15 is 0 Å². The molecule has 1 aromatic carbocycles. The fourth-order valence-corrected chi connectivity index (χ4v) is 3.06. The average molecular weight is 241 g/mol. The van der Waals surface area contributed by atoms with Crippen LogP contribution in [-0.2, 0) is 0 Å². The number of aryl methyl sites for hydroxylation is 1. The fraction of sp³-hybridized carbons (Fsp3) is 0.438. The minimum absolute atomic E-state index is 0.199. The van der Waals surface area contributed by atoms with E-state index in [0.717, 1.165) is 31.5 Å². The second-order valence-corrected chi connectivity index (χ2v) is 5.54. The van der Waals surface area contributed by atoms with Crippen LogP contribution in [0, 0.1) is 18.8 Å². The molecule has 18 heavy (non-hydrogen) atoms. The number of carbonyl (C=O) groups excluding carboxylic acids is 1. The third-order valence-electron chi connectivity index (χ3n) is 4.21. The van der Waals surface area contributed by atoms with E-state index in [1.54, 1.807) is 0 Å². The largest absolute Gasteiger partial charge is 0.338 e. The summed E-state index contributed by atoms with van der Waals surface area (Å²) in [5, 5.41) is 0. The molecule has 0 radical (unpaired) electrons. The molecule has 0 bridgehead atoms. The van der Waals surface area contributed by atoms with Gasteiger partial charge < -0.3 is 4.90 Å². The number of rotatable bonds is 1. The highest BCUT2D eigenvalue weighted by Crippen LogP contribution is 2.33. The summed E-state index contributed by atoms with van der Waals surface area (Å²) in [7, 11) is 0. The number of likely N-dealkylation sites (tertiary alicyclic amines) is 1. The highest BCUT2D eigenvalue weighted by atomic mass is 16.2. The lowest BCUT2D eigenvalue weighted by atomic mass is 9.86. The van der Waals surface area contributed by atoms with E-state index < -0.39 is 0 Å². The van der Waals surface area contributed by atoms with E-state index in [4.69, 9.17) is 0 Å². The Morgan fingerprint density at radius 2 is 1.61 bits per heavy atom. The molecule has 0 N–H and O–H groups in total. The highest BCUT2D eigenvalue weighted by molar-refractivity contribution is 5.94. The van der Waals surface area contributed by atoms with Crippen LogP contribution in [0.5, 0.6) is 0 Å². The zero-order valence-electron chi connectivity index (χ0n) is 10.8. The molecule has 3 rings (SSSR count). The lowest BCUT2D eigenvalue weighted by molar-refractivity contribution is 0.0784. The Morgan fingerprint density at radius 1 is 1.06 bits per heavy atom. The maximum Gasteiger partial charge on any atom is 0.253 e. The molecule has 1 heterocycles. The normalized spacial score (nSPS) is 26.2. The molecule has 1 aromatic rings. The third-order valence-corrected chi connectivity index (χ3v) is 4.21. The predicted octanol–water partition coefficient (Wildman–Crippen LogP) is 3.03. The predicted molar refractivity (Wildman–Crippen MR) is 72.4 cm³/mol. The Morgan fingerprint density at radius 3 is 2.17 bits per heavy atom. The molecule has 0 aromatic heterocycles. The van der Waals surface area contributed by atoms with Crippen LogP contribution in [0.15, 0.2) is 36.4 Å². The van der Waals surface area contributed by atoms with Crippen LogP contribution in [0.3, 0.4) is 0 Å². The highest BCUT2D eigenvalue weighted by Gasteiger charge is 2.35. The summed E-state index contributed by atoms with van der Waals surface area (Å²) in [4.78, 5) is 14.4. The summed E-state index contributed by atoms with van der Waals surface area (Å²) in [6.07, 6.45) is 6.81. The quantitative estimate of drug-likeness (QED) is 0.692. The van der Waals surface area contributed by atoms with Crippen molar-refractivity contribution < 1.29 is 4.79 Å². The molecule has 2 atom stereocenters. The second-order valence-electron chi connectivity index (χ2n) is 5.54. The van der Waals surface area contributed by atoms with Crippen molar-refractivity contribution in [3.63, 3.8) is 0 Å². The maximum atomic E-state index is 12.4. The minimum atomic E-state index is 0.199. The van der Waals surface area contributed by atoms with E-state index in [1.807, 2.05) is 36.1 Å². The standard InChI is InChI=1S/C16H19NO/c1-12-6-8-13(9-7-12)16(18)17-10-14-4-2-3-5-15(14)11-17/h2-3,6-9,14-15H,4-5,10-11H2,1H3. The Balaban J connectivity index is 1.73. The SMILES string of the molecule is Cc1ccc(C(=O)N2CC3CC=CCC3C2)cc1. The van der Waals surface area contributed by atoms with Crippen LogP contribution in [0.1, 0.15) is 28.8 Å². The van der Waals surface area contributed by atoms with Gasteiger partial charge in [-0.05, 0) is 43.7 Å². The van der Waals surface area contributed by atoms with Gasteiger partial charge in [-0.25, -0.2) is 0 Å². The Kier molecular flexibility index (Phi) is 2.94. The van der Waals surface area contributed by atoms with Gasteiger partial charge in [-0.2, -0.15) is 0 Å². The molecule has 0 saturated carbocycles. The number of hydrogen-bond acceptors (Lipinski definition) is 1. The summed E-state index contributed by atoms with van der Waals surface area (Å²) in [6, 6.07) is 7.91. The monoisotopic (exact) mass is 241 g/mol. The van der Waals surface area contributed by atoms with Crippen molar-refractivity contribution in [2.24, 2.45) is 11.8 Å². The van der Waals surface area contributed by atoms with Gasteiger partial charge in [-0.1, -0.05) is 29.8 Å². The van der Waals surface area contributed by atoms with Gasteiger partial charge in [0.05, 0.1) is 0 Å². The topological polar surface area (TPSA) is 20.3 Å². The zero-order chi connectivity index (χ0) is 12.5. The molecule has 1 amide bonds. The van der Waals surface area contributed by atoms with Crippen molar-refractivity contribution in [1.29, 1.82) is 0 Å².